The quantitative estimate of drug-likeness (QED) is 0.169. The Morgan fingerprint density at radius 2 is 1.71 bits per heavy atom. The number of rotatable bonds is 19. The molecule has 0 radical (unpaired) electrons. The first kappa shape index (κ1) is 38.5. The molecule has 0 aliphatic carbocycles. The molecule has 0 fully saturated rings. The molecule has 45 heavy (non-hydrogen) atoms. The molecule has 0 saturated carbocycles. The number of thiazole rings is 1. The Hall–Kier alpha value is -2.64. The lowest BCUT2D eigenvalue weighted by Crippen LogP contribution is -2.48. The Balaban J connectivity index is 2.21. The largest absolute Gasteiger partial charge is 0.475 e. The van der Waals surface area contributed by atoms with E-state index in [0.717, 1.165) is 12.0 Å². The molecule has 2 aromatic rings. The fraction of sp³-hybridized carbons (Fsp3) is 0.636. The fourth-order valence-corrected chi connectivity index (χ4v) is 6.61. The molecule has 250 valence electrons. The minimum atomic E-state index is -1.75. The van der Waals surface area contributed by atoms with Crippen LogP contribution < -0.4 is 10.6 Å². The van der Waals surface area contributed by atoms with E-state index < -0.39 is 31.0 Å². The van der Waals surface area contributed by atoms with Crippen LogP contribution in [0, 0.1) is 23.7 Å². The SMILES string of the molecule is CCC(C)[C@H](CC(=O)[C@@H](NC)C(C)C)C(=O)N(C)[C@H](CC(OC)c1nc(C(=O)N[C@@H](Cc2ccccc2)B(O)O)cs1)C(C)C. The number of Topliss-reactive ketones (excluding diaryl/α,β-unsaturated/α-hetero) is 1. The van der Waals surface area contributed by atoms with Gasteiger partial charge in [-0.1, -0.05) is 78.3 Å². The summed E-state index contributed by atoms with van der Waals surface area (Å²) in [5.41, 5.74) is 1.01. The van der Waals surface area contributed by atoms with E-state index in [4.69, 9.17) is 4.74 Å². The second-order valence-corrected chi connectivity index (χ2v) is 13.5. The number of nitrogens with one attached hydrogen (secondary N) is 2. The predicted molar refractivity (Wildman–Crippen MR) is 180 cm³/mol. The molecule has 2 amide bonds. The molecular formula is C33H53BN4O6S. The molecule has 1 heterocycles. The molecule has 2 rings (SSSR count). The lowest BCUT2D eigenvalue weighted by Gasteiger charge is -2.37. The lowest BCUT2D eigenvalue weighted by atomic mass is 9.76. The maximum absolute atomic E-state index is 14.0. The van der Waals surface area contributed by atoms with Gasteiger partial charge in [0.25, 0.3) is 5.91 Å². The minimum Gasteiger partial charge on any atom is -0.426 e. The molecule has 0 aliphatic rings. The number of ether oxygens (including phenoxy) is 1. The Bertz CT molecular complexity index is 1210. The first-order valence-electron chi connectivity index (χ1n) is 15.9. The zero-order valence-electron chi connectivity index (χ0n) is 28.3. The zero-order chi connectivity index (χ0) is 33.8. The third-order valence-corrected chi connectivity index (χ3v) is 9.69. The number of carbonyl (C=O) groups is 3. The Morgan fingerprint density at radius 3 is 2.22 bits per heavy atom. The summed E-state index contributed by atoms with van der Waals surface area (Å²) in [4.78, 5) is 46.6. The Morgan fingerprint density at radius 1 is 1.07 bits per heavy atom. The predicted octanol–water partition coefficient (Wildman–Crippen LogP) is 3.92. The first-order chi connectivity index (χ1) is 21.2. The van der Waals surface area contributed by atoms with Crippen molar-refractivity contribution in [3.8, 4) is 0 Å². The number of aromatic nitrogens is 1. The van der Waals surface area contributed by atoms with Crippen molar-refractivity contribution in [1.82, 2.24) is 20.5 Å². The minimum absolute atomic E-state index is 0.0304. The van der Waals surface area contributed by atoms with E-state index in [2.05, 4.69) is 15.6 Å². The monoisotopic (exact) mass is 644 g/mol. The van der Waals surface area contributed by atoms with Crippen molar-refractivity contribution in [3.63, 3.8) is 0 Å². The molecule has 6 atom stereocenters. The molecule has 2 unspecified atom stereocenters. The van der Waals surface area contributed by atoms with Gasteiger partial charge in [0.2, 0.25) is 5.91 Å². The number of methoxy groups -OCH3 is 1. The van der Waals surface area contributed by atoms with Crippen LogP contribution in [0.4, 0.5) is 0 Å². The normalized spacial score (nSPS) is 15.7. The van der Waals surface area contributed by atoms with Gasteiger partial charge in [-0.2, -0.15) is 0 Å². The molecule has 0 saturated heterocycles. The summed E-state index contributed by atoms with van der Waals surface area (Å²) in [7, 11) is 3.41. The van der Waals surface area contributed by atoms with Gasteiger partial charge in [-0.05, 0) is 36.8 Å². The molecule has 1 aromatic heterocycles. The highest BCUT2D eigenvalue weighted by atomic mass is 32.1. The van der Waals surface area contributed by atoms with E-state index in [-0.39, 0.29) is 60.1 Å². The smallest absolute Gasteiger partial charge is 0.426 e. The van der Waals surface area contributed by atoms with Crippen LogP contribution >= 0.6 is 11.3 Å². The van der Waals surface area contributed by atoms with Crippen molar-refractivity contribution in [1.29, 1.82) is 0 Å². The van der Waals surface area contributed by atoms with Crippen molar-refractivity contribution in [2.75, 3.05) is 21.2 Å². The number of ketones is 1. The zero-order valence-corrected chi connectivity index (χ0v) is 29.1. The van der Waals surface area contributed by atoms with E-state index in [1.54, 1.807) is 31.5 Å². The van der Waals surface area contributed by atoms with Crippen molar-refractivity contribution < 1.29 is 29.2 Å². The number of nitrogens with zero attached hydrogens (tertiary/aromatic N) is 2. The first-order valence-corrected chi connectivity index (χ1v) is 16.8. The number of hydrogen-bond donors (Lipinski definition) is 4. The van der Waals surface area contributed by atoms with E-state index in [1.807, 2.05) is 71.9 Å². The number of benzene rings is 1. The van der Waals surface area contributed by atoms with Gasteiger partial charge in [0, 0.05) is 44.3 Å². The van der Waals surface area contributed by atoms with Gasteiger partial charge in [0.1, 0.15) is 16.8 Å². The third kappa shape index (κ3) is 11.0. The number of likely N-dealkylation sites (N-methyl/N-ethyl adjacent to an activating group) is 1. The molecule has 1 aromatic carbocycles. The van der Waals surface area contributed by atoms with Gasteiger partial charge in [-0.3, -0.25) is 14.4 Å². The molecule has 4 N–H and O–H groups in total. The average molecular weight is 645 g/mol. The van der Waals surface area contributed by atoms with Crippen LogP contribution in [0.3, 0.4) is 0 Å². The highest BCUT2D eigenvalue weighted by Crippen LogP contribution is 2.32. The van der Waals surface area contributed by atoms with Crippen LogP contribution in [0.5, 0.6) is 0 Å². The molecule has 0 aliphatic heterocycles. The Kier molecular flexibility index (Phi) is 15.8. The topological polar surface area (TPSA) is 141 Å². The van der Waals surface area contributed by atoms with Crippen LogP contribution in [0.1, 0.15) is 88.0 Å². The number of hydrogen-bond acceptors (Lipinski definition) is 9. The van der Waals surface area contributed by atoms with Gasteiger partial charge >= 0.3 is 7.12 Å². The summed E-state index contributed by atoms with van der Waals surface area (Å²) < 4.78 is 5.84. The van der Waals surface area contributed by atoms with Gasteiger partial charge in [0.05, 0.1) is 12.0 Å². The summed E-state index contributed by atoms with van der Waals surface area (Å²) >= 11 is 1.28. The third-order valence-electron chi connectivity index (χ3n) is 8.75. The average Bonchev–Trinajstić information content (AvgIpc) is 3.50. The number of amides is 2. The maximum atomic E-state index is 14.0. The van der Waals surface area contributed by atoms with Crippen molar-refractivity contribution in [2.45, 2.75) is 91.4 Å². The van der Waals surface area contributed by atoms with Gasteiger partial charge in [-0.25, -0.2) is 4.98 Å². The fourth-order valence-electron chi connectivity index (χ4n) is 5.73. The summed E-state index contributed by atoms with van der Waals surface area (Å²) in [5.74, 6) is -1.66. The summed E-state index contributed by atoms with van der Waals surface area (Å²) in [6.45, 7) is 12.2. The van der Waals surface area contributed by atoms with E-state index in [1.165, 1.54) is 11.3 Å². The van der Waals surface area contributed by atoms with Crippen LogP contribution in [0.25, 0.3) is 0 Å². The molecule has 0 spiro atoms. The second kappa shape index (κ2) is 18.5. The standard InChI is InChI=1S/C33H53BN4O6S/c1-10-22(6)24(17-27(39)30(35-7)21(4)5)33(41)38(8)26(20(2)3)18-28(44-9)32-36-25(19-45-32)31(40)37-29(34(42)43)16-23-14-12-11-13-15-23/h11-15,19-22,24,26,28-30,35,42-43H,10,16-18H2,1-9H3,(H,37,40)/t22?,24-,26+,28?,29-,30-/m0/s1. The van der Waals surface area contributed by atoms with E-state index >= 15 is 0 Å². The molecule has 12 heteroatoms. The second-order valence-electron chi connectivity index (χ2n) is 12.6. The molecule has 10 nitrogen and oxygen atoms in total. The van der Waals surface area contributed by atoms with Crippen molar-refractivity contribution in [2.24, 2.45) is 23.7 Å². The molecule has 0 bridgehead atoms. The van der Waals surface area contributed by atoms with Crippen molar-refractivity contribution >= 4 is 36.1 Å². The van der Waals surface area contributed by atoms with Crippen molar-refractivity contribution in [3.05, 3.63) is 52.0 Å². The maximum Gasteiger partial charge on any atom is 0.475 e. The van der Waals surface area contributed by atoms with Crippen LogP contribution in [0.2, 0.25) is 0 Å². The van der Waals surface area contributed by atoms with E-state index in [9.17, 15) is 24.4 Å². The lowest BCUT2D eigenvalue weighted by molar-refractivity contribution is -0.142. The van der Waals surface area contributed by atoms with Crippen LogP contribution in [0.15, 0.2) is 35.7 Å². The molecular weight excluding hydrogens is 591 g/mol. The van der Waals surface area contributed by atoms with Crippen LogP contribution in [-0.4, -0.2) is 83.9 Å². The number of carbonyl (C=O) groups excluding carboxylic acids is 3. The highest BCUT2D eigenvalue weighted by Gasteiger charge is 2.36. The van der Waals surface area contributed by atoms with Crippen LogP contribution in [-0.2, 0) is 20.7 Å². The van der Waals surface area contributed by atoms with Gasteiger partial charge < -0.3 is 30.3 Å². The van der Waals surface area contributed by atoms with Gasteiger partial charge in [-0.15, -0.1) is 11.3 Å². The summed E-state index contributed by atoms with van der Waals surface area (Å²) in [6.07, 6.45) is 1.16. The summed E-state index contributed by atoms with van der Waals surface area (Å²) in [6, 6.07) is 8.75. The summed E-state index contributed by atoms with van der Waals surface area (Å²) in [5, 5.41) is 27.8. The van der Waals surface area contributed by atoms with Gasteiger partial charge in [0.15, 0.2) is 5.78 Å². The Labute approximate surface area is 273 Å². The van der Waals surface area contributed by atoms with E-state index in [0.29, 0.717) is 11.4 Å². The highest BCUT2D eigenvalue weighted by molar-refractivity contribution is 7.09.